The number of benzene rings is 1. The molecule has 122 valence electrons. The summed E-state index contributed by atoms with van der Waals surface area (Å²) in [5, 5.41) is 6.12. The summed E-state index contributed by atoms with van der Waals surface area (Å²) < 4.78 is 0. The Bertz CT molecular complexity index is 682. The Hall–Kier alpha value is -2.43. The number of nitrogens with zero attached hydrogens (tertiary/aromatic N) is 2. The van der Waals surface area contributed by atoms with Gasteiger partial charge in [-0.05, 0) is 43.9 Å². The molecular weight excluding hydrogens is 288 g/mol. The summed E-state index contributed by atoms with van der Waals surface area (Å²) in [5.74, 6) is 1.66. The Kier molecular flexibility index (Phi) is 5.68. The van der Waals surface area contributed by atoms with Gasteiger partial charge in [-0.15, -0.1) is 0 Å². The second kappa shape index (κ2) is 7.72. The van der Waals surface area contributed by atoms with Gasteiger partial charge in [0.15, 0.2) is 0 Å². The molecule has 0 aliphatic carbocycles. The third-order valence-electron chi connectivity index (χ3n) is 3.37. The molecule has 2 rings (SSSR count). The van der Waals surface area contributed by atoms with E-state index in [4.69, 9.17) is 0 Å². The van der Waals surface area contributed by atoms with Crippen molar-refractivity contribution in [2.75, 3.05) is 17.2 Å². The number of aromatic nitrogens is 2. The number of hydrogen-bond donors (Lipinski definition) is 2. The lowest BCUT2D eigenvalue weighted by atomic mass is 10.1. The van der Waals surface area contributed by atoms with Crippen LogP contribution in [0.15, 0.2) is 30.3 Å². The van der Waals surface area contributed by atoms with Crippen LogP contribution < -0.4 is 10.6 Å². The zero-order valence-corrected chi connectivity index (χ0v) is 14.2. The van der Waals surface area contributed by atoms with Crippen molar-refractivity contribution in [2.45, 2.75) is 34.1 Å². The Balaban J connectivity index is 2.09. The van der Waals surface area contributed by atoms with E-state index in [2.05, 4.69) is 34.4 Å². The van der Waals surface area contributed by atoms with E-state index in [9.17, 15) is 4.79 Å². The normalized spacial score (nSPS) is 10.7. The molecule has 0 spiro atoms. The van der Waals surface area contributed by atoms with Crippen LogP contribution >= 0.6 is 0 Å². The molecule has 5 nitrogen and oxygen atoms in total. The number of nitrogens with one attached hydrogen (secondary N) is 2. The van der Waals surface area contributed by atoms with Crippen LogP contribution in [0.4, 0.5) is 11.5 Å². The van der Waals surface area contributed by atoms with Gasteiger partial charge in [0.1, 0.15) is 17.3 Å². The Morgan fingerprint density at radius 3 is 2.65 bits per heavy atom. The second-order valence-electron chi connectivity index (χ2n) is 6.12. The van der Waals surface area contributed by atoms with Gasteiger partial charge in [-0.1, -0.05) is 26.0 Å². The maximum Gasteiger partial charge on any atom is 0.274 e. The fraction of sp³-hybridized carbons (Fsp3) is 0.389. The predicted octanol–water partition coefficient (Wildman–Crippen LogP) is 3.80. The van der Waals surface area contributed by atoms with Crippen molar-refractivity contribution in [1.29, 1.82) is 0 Å². The highest BCUT2D eigenvalue weighted by Gasteiger charge is 2.11. The number of carbonyl (C=O) groups is 1. The highest BCUT2D eigenvalue weighted by molar-refractivity contribution is 6.03. The van der Waals surface area contributed by atoms with Crippen LogP contribution in [0.1, 0.15) is 42.1 Å². The third-order valence-corrected chi connectivity index (χ3v) is 3.37. The van der Waals surface area contributed by atoms with Crippen LogP contribution in [0.5, 0.6) is 0 Å². The van der Waals surface area contributed by atoms with Crippen molar-refractivity contribution < 1.29 is 4.79 Å². The lowest BCUT2D eigenvalue weighted by Crippen LogP contribution is -2.16. The fourth-order valence-electron chi connectivity index (χ4n) is 2.18. The lowest BCUT2D eigenvalue weighted by Gasteiger charge is -2.10. The molecular formula is C18H24N4O. The number of amides is 1. The van der Waals surface area contributed by atoms with Crippen LogP contribution in [0.2, 0.25) is 0 Å². The van der Waals surface area contributed by atoms with Gasteiger partial charge in [-0.25, -0.2) is 9.97 Å². The number of anilines is 2. The molecule has 0 saturated carbocycles. The molecule has 0 fully saturated rings. The van der Waals surface area contributed by atoms with Crippen LogP contribution in [0.25, 0.3) is 0 Å². The average Bonchev–Trinajstić information content (AvgIpc) is 2.46. The van der Waals surface area contributed by atoms with E-state index in [0.717, 1.165) is 24.2 Å². The zero-order chi connectivity index (χ0) is 16.8. The van der Waals surface area contributed by atoms with Gasteiger partial charge < -0.3 is 10.6 Å². The molecule has 1 amide bonds. The predicted molar refractivity (Wildman–Crippen MR) is 93.8 cm³/mol. The van der Waals surface area contributed by atoms with Crippen LogP contribution in [-0.4, -0.2) is 22.4 Å². The van der Waals surface area contributed by atoms with Gasteiger partial charge in [-0.2, -0.15) is 0 Å². The molecule has 0 atom stereocenters. The summed E-state index contributed by atoms with van der Waals surface area (Å²) in [4.78, 5) is 20.9. The summed E-state index contributed by atoms with van der Waals surface area (Å²) in [6.07, 6.45) is 1.05. The van der Waals surface area contributed by atoms with Crippen LogP contribution in [0, 0.1) is 19.8 Å². The monoisotopic (exact) mass is 312 g/mol. The van der Waals surface area contributed by atoms with Crippen molar-refractivity contribution in [3.63, 3.8) is 0 Å². The third kappa shape index (κ3) is 5.36. The molecule has 0 radical (unpaired) electrons. The Morgan fingerprint density at radius 2 is 1.96 bits per heavy atom. The lowest BCUT2D eigenvalue weighted by molar-refractivity contribution is 0.102. The maximum absolute atomic E-state index is 12.4. The Morgan fingerprint density at radius 1 is 1.17 bits per heavy atom. The highest BCUT2D eigenvalue weighted by Crippen LogP contribution is 2.13. The summed E-state index contributed by atoms with van der Waals surface area (Å²) in [6.45, 7) is 8.95. The van der Waals surface area contributed by atoms with Crippen molar-refractivity contribution in [3.05, 3.63) is 47.4 Å². The highest BCUT2D eigenvalue weighted by atomic mass is 16.1. The van der Waals surface area contributed by atoms with E-state index in [1.807, 2.05) is 31.2 Å². The van der Waals surface area contributed by atoms with Crippen LogP contribution in [0.3, 0.4) is 0 Å². The number of aryl methyl sites for hydroxylation is 2. The van der Waals surface area contributed by atoms with Crippen molar-refractivity contribution >= 4 is 17.4 Å². The topological polar surface area (TPSA) is 66.9 Å². The molecule has 0 bridgehead atoms. The summed E-state index contributed by atoms with van der Waals surface area (Å²) >= 11 is 0. The number of rotatable bonds is 6. The van der Waals surface area contributed by atoms with Crippen molar-refractivity contribution in [1.82, 2.24) is 9.97 Å². The first-order chi connectivity index (χ1) is 10.9. The molecule has 0 aliphatic heterocycles. The minimum absolute atomic E-state index is 0.229. The zero-order valence-electron chi connectivity index (χ0n) is 14.2. The van der Waals surface area contributed by atoms with E-state index in [1.54, 1.807) is 13.0 Å². The molecule has 0 aliphatic rings. The summed E-state index contributed by atoms with van der Waals surface area (Å²) in [7, 11) is 0. The van der Waals surface area contributed by atoms with Gasteiger partial charge in [0.25, 0.3) is 5.91 Å². The molecule has 1 heterocycles. The van der Waals surface area contributed by atoms with Gasteiger partial charge in [-0.3, -0.25) is 4.79 Å². The largest absolute Gasteiger partial charge is 0.370 e. The van der Waals surface area contributed by atoms with E-state index in [1.165, 1.54) is 0 Å². The molecule has 2 aromatic rings. The standard InChI is InChI=1S/C18H24N4O/c1-12(2)8-9-19-17-11-16(20-14(4)21-17)18(23)22-15-7-5-6-13(3)10-15/h5-7,10-12H,8-9H2,1-4H3,(H,22,23)(H,19,20,21). The van der Waals surface area contributed by atoms with Gasteiger partial charge in [0, 0.05) is 18.3 Å². The molecule has 2 N–H and O–H groups in total. The summed E-state index contributed by atoms with van der Waals surface area (Å²) in [5.41, 5.74) is 2.23. The molecule has 1 aromatic carbocycles. The molecule has 5 heteroatoms. The van der Waals surface area contributed by atoms with Crippen molar-refractivity contribution in [2.24, 2.45) is 5.92 Å². The molecule has 0 unspecified atom stereocenters. The average molecular weight is 312 g/mol. The molecule has 1 aromatic heterocycles. The minimum atomic E-state index is -0.229. The minimum Gasteiger partial charge on any atom is -0.370 e. The maximum atomic E-state index is 12.4. The van der Waals surface area contributed by atoms with E-state index >= 15 is 0 Å². The van der Waals surface area contributed by atoms with E-state index in [-0.39, 0.29) is 5.91 Å². The summed E-state index contributed by atoms with van der Waals surface area (Å²) in [6, 6.07) is 9.38. The Labute approximate surface area is 137 Å². The quantitative estimate of drug-likeness (QED) is 0.851. The van der Waals surface area contributed by atoms with E-state index in [0.29, 0.717) is 23.3 Å². The van der Waals surface area contributed by atoms with Gasteiger partial charge >= 0.3 is 0 Å². The SMILES string of the molecule is Cc1cccc(NC(=O)c2cc(NCCC(C)C)nc(C)n2)c1. The molecule has 23 heavy (non-hydrogen) atoms. The first kappa shape index (κ1) is 16.9. The van der Waals surface area contributed by atoms with E-state index < -0.39 is 0 Å². The van der Waals surface area contributed by atoms with Gasteiger partial charge in [0.05, 0.1) is 0 Å². The fourth-order valence-corrected chi connectivity index (χ4v) is 2.18. The first-order valence-corrected chi connectivity index (χ1v) is 7.91. The first-order valence-electron chi connectivity index (χ1n) is 7.91. The van der Waals surface area contributed by atoms with Crippen molar-refractivity contribution in [3.8, 4) is 0 Å². The van der Waals surface area contributed by atoms with Gasteiger partial charge in [0.2, 0.25) is 0 Å². The molecule has 0 saturated heterocycles. The number of hydrogen-bond acceptors (Lipinski definition) is 4. The second-order valence-corrected chi connectivity index (χ2v) is 6.12. The number of carbonyl (C=O) groups excluding carboxylic acids is 1. The smallest absolute Gasteiger partial charge is 0.274 e. The van der Waals surface area contributed by atoms with Crippen LogP contribution in [-0.2, 0) is 0 Å².